The van der Waals surface area contributed by atoms with Gasteiger partial charge in [0.05, 0.1) is 5.92 Å². The van der Waals surface area contributed by atoms with Gasteiger partial charge in [0.1, 0.15) is 0 Å². The molecule has 0 spiro atoms. The largest absolute Gasteiger partial charge is 0.481 e. The molecule has 1 aromatic carbocycles. The van der Waals surface area contributed by atoms with Crippen molar-refractivity contribution in [2.45, 2.75) is 19.8 Å². The number of hydrogen-bond acceptors (Lipinski definition) is 3. The van der Waals surface area contributed by atoms with E-state index in [0.717, 1.165) is 36.2 Å². The standard InChI is InChI=1S/C16H20N2O3/c1-10-8-18(9-13(10)16(20)21)15(19)12-4-2-6-14-11(12)5-3-7-17-14/h2,4,6,10,13,17H,3,5,7-9H2,1H3,(H,20,21)/t10-,13-/m1/s1. The lowest BCUT2D eigenvalue weighted by Crippen LogP contribution is -2.31. The second-order valence-corrected chi connectivity index (χ2v) is 5.99. The molecule has 2 atom stereocenters. The Morgan fingerprint density at radius 2 is 2.14 bits per heavy atom. The minimum atomic E-state index is -0.811. The Labute approximate surface area is 123 Å². The first-order valence-electron chi connectivity index (χ1n) is 7.45. The van der Waals surface area contributed by atoms with Crippen LogP contribution in [0.25, 0.3) is 0 Å². The maximum absolute atomic E-state index is 12.7. The molecule has 2 heterocycles. The lowest BCUT2D eigenvalue weighted by atomic mass is 9.97. The first-order valence-corrected chi connectivity index (χ1v) is 7.45. The van der Waals surface area contributed by atoms with E-state index in [2.05, 4.69) is 5.32 Å². The van der Waals surface area contributed by atoms with Crippen LogP contribution in [-0.4, -0.2) is 41.5 Å². The van der Waals surface area contributed by atoms with E-state index in [1.165, 1.54) is 0 Å². The predicted molar refractivity (Wildman–Crippen MR) is 79.4 cm³/mol. The van der Waals surface area contributed by atoms with Crippen LogP contribution in [0.2, 0.25) is 0 Å². The first kappa shape index (κ1) is 13.9. The third kappa shape index (κ3) is 2.48. The van der Waals surface area contributed by atoms with Gasteiger partial charge in [-0.05, 0) is 36.5 Å². The molecule has 0 aromatic heterocycles. The highest BCUT2D eigenvalue weighted by atomic mass is 16.4. The Bertz CT molecular complexity index is 585. The van der Waals surface area contributed by atoms with Crippen LogP contribution in [0.1, 0.15) is 29.3 Å². The molecule has 2 N–H and O–H groups in total. The van der Waals surface area contributed by atoms with Crippen LogP contribution in [0.5, 0.6) is 0 Å². The normalized spacial score (nSPS) is 24.3. The Morgan fingerprint density at radius 3 is 2.86 bits per heavy atom. The molecule has 1 saturated heterocycles. The minimum Gasteiger partial charge on any atom is -0.481 e. The SMILES string of the molecule is C[C@@H]1CN(C(=O)c2cccc3c2CCCN3)C[C@H]1C(=O)O. The van der Waals surface area contributed by atoms with Crippen LogP contribution in [0, 0.1) is 11.8 Å². The average Bonchev–Trinajstić information content (AvgIpc) is 2.88. The fraction of sp³-hybridized carbons (Fsp3) is 0.500. The molecule has 1 amide bonds. The third-order valence-corrected chi connectivity index (χ3v) is 4.54. The van der Waals surface area contributed by atoms with E-state index in [1.54, 1.807) is 4.90 Å². The molecule has 112 valence electrons. The molecule has 21 heavy (non-hydrogen) atoms. The summed E-state index contributed by atoms with van der Waals surface area (Å²) in [5, 5.41) is 12.5. The number of carbonyl (C=O) groups is 2. The van der Waals surface area contributed by atoms with Crippen molar-refractivity contribution >= 4 is 17.6 Å². The van der Waals surface area contributed by atoms with Crippen LogP contribution in [0.3, 0.4) is 0 Å². The molecule has 0 saturated carbocycles. The van der Waals surface area contributed by atoms with Gasteiger partial charge in [-0.1, -0.05) is 13.0 Å². The lowest BCUT2D eigenvalue weighted by molar-refractivity contribution is -0.142. The van der Waals surface area contributed by atoms with Crippen molar-refractivity contribution in [1.29, 1.82) is 0 Å². The maximum Gasteiger partial charge on any atom is 0.308 e. The number of nitrogens with one attached hydrogen (secondary N) is 1. The van der Waals surface area contributed by atoms with Crippen molar-refractivity contribution in [3.63, 3.8) is 0 Å². The highest BCUT2D eigenvalue weighted by Crippen LogP contribution is 2.29. The second-order valence-electron chi connectivity index (χ2n) is 5.99. The van der Waals surface area contributed by atoms with E-state index in [0.29, 0.717) is 13.1 Å². The number of hydrogen-bond donors (Lipinski definition) is 2. The molecule has 2 aliphatic heterocycles. The van der Waals surface area contributed by atoms with Gasteiger partial charge in [0.2, 0.25) is 0 Å². The maximum atomic E-state index is 12.7. The number of likely N-dealkylation sites (tertiary alicyclic amines) is 1. The van der Waals surface area contributed by atoms with E-state index in [1.807, 2.05) is 25.1 Å². The van der Waals surface area contributed by atoms with Gasteiger partial charge in [0.15, 0.2) is 0 Å². The molecule has 0 radical (unpaired) electrons. The predicted octanol–water partition coefficient (Wildman–Crippen LogP) is 1.84. The Balaban J connectivity index is 1.85. The zero-order chi connectivity index (χ0) is 15.0. The second kappa shape index (κ2) is 5.39. The summed E-state index contributed by atoms with van der Waals surface area (Å²) in [6.07, 6.45) is 1.92. The summed E-state index contributed by atoms with van der Waals surface area (Å²) in [5.41, 5.74) is 2.83. The van der Waals surface area contributed by atoms with Gasteiger partial charge in [-0.15, -0.1) is 0 Å². The van der Waals surface area contributed by atoms with E-state index >= 15 is 0 Å². The zero-order valence-corrected chi connectivity index (χ0v) is 12.1. The van der Waals surface area contributed by atoms with E-state index in [9.17, 15) is 14.7 Å². The Kier molecular flexibility index (Phi) is 3.57. The minimum absolute atomic E-state index is 0.00381. The highest BCUT2D eigenvalue weighted by Gasteiger charge is 2.37. The number of benzene rings is 1. The van der Waals surface area contributed by atoms with Crippen molar-refractivity contribution in [2.75, 3.05) is 25.0 Å². The van der Waals surface area contributed by atoms with Crippen molar-refractivity contribution < 1.29 is 14.7 Å². The molecular weight excluding hydrogens is 268 g/mol. The number of carboxylic acid groups (broad SMARTS) is 1. The highest BCUT2D eigenvalue weighted by molar-refractivity contribution is 5.97. The average molecular weight is 288 g/mol. The number of nitrogens with zero attached hydrogens (tertiary/aromatic N) is 1. The topological polar surface area (TPSA) is 69.6 Å². The van der Waals surface area contributed by atoms with Crippen LogP contribution in [-0.2, 0) is 11.2 Å². The summed E-state index contributed by atoms with van der Waals surface area (Å²) in [5.74, 6) is -1.29. The summed E-state index contributed by atoms with van der Waals surface area (Å²) >= 11 is 0. The number of amides is 1. The van der Waals surface area contributed by atoms with Crippen molar-refractivity contribution in [3.05, 3.63) is 29.3 Å². The quantitative estimate of drug-likeness (QED) is 0.871. The van der Waals surface area contributed by atoms with E-state index in [4.69, 9.17) is 0 Å². The molecule has 1 fully saturated rings. The number of aliphatic carboxylic acids is 1. The van der Waals surface area contributed by atoms with Gasteiger partial charge in [-0.25, -0.2) is 0 Å². The molecule has 0 unspecified atom stereocenters. The van der Waals surface area contributed by atoms with E-state index in [-0.39, 0.29) is 11.8 Å². The van der Waals surface area contributed by atoms with Crippen molar-refractivity contribution in [3.8, 4) is 0 Å². The fourth-order valence-electron chi connectivity index (χ4n) is 3.33. The molecule has 0 bridgehead atoms. The van der Waals surface area contributed by atoms with Gasteiger partial charge in [0, 0.05) is 30.9 Å². The Morgan fingerprint density at radius 1 is 1.33 bits per heavy atom. The number of carboxylic acids is 1. The van der Waals surface area contributed by atoms with Crippen LogP contribution in [0.15, 0.2) is 18.2 Å². The Hall–Kier alpha value is -2.04. The fourth-order valence-corrected chi connectivity index (χ4v) is 3.33. The molecular formula is C16H20N2O3. The van der Waals surface area contributed by atoms with Gasteiger partial charge < -0.3 is 15.3 Å². The summed E-state index contributed by atoms with van der Waals surface area (Å²) < 4.78 is 0. The molecule has 1 aromatic rings. The van der Waals surface area contributed by atoms with Crippen molar-refractivity contribution in [2.24, 2.45) is 11.8 Å². The summed E-state index contributed by atoms with van der Waals surface area (Å²) in [7, 11) is 0. The van der Waals surface area contributed by atoms with Gasteiger partial charge in [-0.2, -0.15) is 0 Å². The molecule has 0 aliphatic carbocycles. The van der Waals surface area contributed by atoms with Crippen molar-refractivity contribution in [1.82, 2.24) is 4.90 Å². The number of fused-ring (bicyclic) bond motifs is 1. The van der Waals surface area contributed by atoms with Gasteiger partial charge in [-0.3, -0.25) is 9.59 Å². The summed E-state index contributed by atoms with van der Waals surface area (Å²) in [4.78, 5) is 25.6. The van der Waals surface area contributed by atoms with Crippen LogP contribution >= 0.6 is 0 Å². The van der Waals surface area contributed by atoms with Gasteiger partial charge in [0.25, 0.3) is 5.91 Å². The number of carbonyl (C=O) groups excluding carboxylic acids is 1. The third-order valence-electron chi connectivity index (χ3n) is 4.54. The lowest BCUT2D eigenvalue weighted by Gasteiger charge is -2.23. The summed E-state index contributed by atoms with van der Waals surface area (Å²) in [6, 6.07) is 5.74. The zero-order valence-electron chi connectivity index (χ0n) is 12.1. The smallest absolute Gasteiger partial charge is 0.308 e. The summed E-state index contributed by atoms with van der Waals surface area (Å²) in [6.45, 7) is 3.67. The first-order chi connectivity index (χ1) is 10.1. The number of anilines is 1. The van der Waals surface area contributed by atoms with Crippen LogP contribution in [0.4, 0.5) is 5.69 Å². The monoisotopic (exact) mass is 288 g/mol. The molecule has 2 aliphatic rings. The van der Waals surface area contributed by atoms with Gasteiger partial charge >= 0.3 is 5.97 Å². The van der Waals surface area contributed by atoms with Crippen LogP contribution < -0.4 is 5.32 Å². The molecule has 3 rings (SSSR count). The van der Waals surface area contributed by atoms with E-state index < -0.39 is 11.9 Å². The number of rotatable bonds is 2. The molecule has 5 nitrogen and oxygen atoms in total. The molecule has 5 heteroatoms.